The van der Waals surface area contributed by atoms with E-state index in [1.165, 1.54) is 12.1 Å². The van der Waals surface area contributed by atoms with E-state index in [0.717, 1.165) is 41.9 Å². The molecule has 7 nitrogen and oxygen atoms in total. The number of nitrogens with zero attached hydrogens (tertiary/aromatic N) is 4. The molecular formula is C25H24FN5O2. The first-order valence-electron chi connectivity index (χ1n) is 11.1. The molecule has 0 spiro atoms. The van der Waals surface area contributed by atoms with Crippen LogP contribution in [0.15, 0.2) is 53.6 Å². The molecule has 1 aliphatic rings. The SMILES string of the molecule is CCn1cc(C(=O)NC2CCCc3c2cnn3-c2ccc(F)cc2)c(=O)c2ccc(C)nc21. The Morgan fingerprint density at radius 3 is 2.76 bits per heavy atom. The van der Waals surface area contributed by atoms with Gasteiger partial charge in [0.2, 0.25) is 5.43 Å². The molecule has 168 valence electrons. The Bertz CT molecular complexity index is 1420. The summed E-state index contributed by atoms with van der Waals surface area (Å²) in [7, 11) is 0. The fraction of sp³-hybridized carbons (Fsp3) is 0.280. The van der Waals surface area contributed by atoms with Gasteiger partial charge in [0.05, 0.1) is 23.3 Å². The summed E-state index contributed by atoms with van der Waals surface area (Å²) in [4.78, 5) is 30.8. The number of pyridine rings is 2. The van der Waals surface area contributed by atoms with Crippen LogP contribution in [-0.2, 0) is 13.0 Å². The van der Waals surface area contributed by atoms with Crippen LogP contribution in [0.2, 0.25) is 0 Å². The van der Waals surface area contributed by atoms with Crippen molar-refractivity contribution in [3.05, 3.63) is 87.3 Å². The zero-order valence-electron chi connectivity index (χ0n) is 18.5. The average Bonchev–Trinajstić information content (AvgIpc) is 3.25. The predicted octanol–water partition coefficient (Wildman–Crippen LogP) is 3.86. The van der Waals surface area contributed by atoms with Crippen molar-refractivity contribution in [1.82, 2.24) is 24.6 Å². The number of benzene rings is 1. The van der Waals surface area contributed by atoms with Crippen LogP contribution in [-0.4, -0.2) is 25.2 Å². The van der Waals surface area contributed by atoms with Gasteiger partial charge in [-0.15, -0.1) is 0 Å². The number of amides is 1. The first-order valence-corrected chi connectivity index (χ1v) is 11.1. The summed E-state index contributed by atoms with van der Waals surface area (Å²) >= 11 is 0. The van der Waals surface area contributed by atoms with Gasteiger partial charge in [0.15, 0.2) is 0 Å². The van der Waals surface area contributed by atoms with Gasteiger partial charge in [-0.3, -0.25) is 9.59 Å². The standard InChI is InChI=1S/C25H24FN5O2/c1-3-30-14-20(23(32)18-12-7-15(2)28-24(18)30)25(33)29-21-5-4-6-22-19(21)13-27-31(22)17-10-8-16(26)9-11-17/h7-14,21H,3-6H2,1-2H3,(H,29,33). The Morgan fingerprint density at radius 1 is 1.21 bits per heavy atom. The van der Waals surface area contributed by atoms with E-state index in [1.807, 2.05) is 18.4 Å². The maximum Gasteiger partial charge on any atom is 0.257 e. The summed E-state index contributed by atoms with van der Waals surface area (Å²) < 4.78 is 17.0. The summed E-state index contributed by atoms with van der Waals surface area (Å²) in [5, 5.41) is 7.97. The van der Waals surface area contributed by atoms with E-state index < -0.39 is 5.91 Å². The third-order valence-electron chi connectivity index (χ3n) is 6.21. The lowest BCUT2D eigenvalue weighted by Gasteiger charge is -2.24. The van der Waals surface area contributed by atoms with Crippen molar-refractivity contribution in [2.75, 3.05) is 0 Å². The number of carbonyl (C=O) groups is 1. The topological polar surface area (TPSA) is 81.8 Å². The molecule has 0 aliphatic heterocycles. The maximum absolute atomic E-state index is 13.3. The van der Waals surface area contributed by atoms with E-state index in [4.69, 9.17) is 0 Å². The number of fused-ring (bicyclic) bond motifs is 2. The third kappa shape index (κ3) is 3.71. The molecule has 1 amide bonds. The van der Waals surface area contributed by atoms with E-state index in [9.17, 15) is 14.0 Å². The monoisotopic (exact) mass is 445 g/mol. The molecule has 4 aromatic rings. The lowest BCUT2D eigenvalue weighted by molar-refractivity contribution is 0.0931. The van der Waals surface area contributed by atoms with E-state index in [-0.39, 0.29) is 22.9 Å². The van der Waals surface area contributed by atoms with Crippen LogP contribution in [0.25, 0.3) is 16.7 Å². The normalized spacial score (nSPS) is 15.4. The fourth-order valence-electron chi connectivity index (χ4n) is 4.51. The Balaban J connectivity index is 1.48. The molecule has 1 N–H and O–H groups in total. The highest BCUT2D eigenvalue weighted by molar-refractivity contribution is 5.97. The minimum Gasteiger partial charge on any atom is -0.345 e. The summed E-state index contributed by atoms with van der Waals surface area (Å²) in [6.07, 6.45) is 5.77. The van der Waals surface area contributed by atoms with Gasteiger partial charge in [-0.1, -0.05) is 0 Å². The zero-order chi connectivity index (χ0) is 23.1. The third-order valence-corrected chi connectivity index (χ3v) is 6.21. The van der Waals surface area contributed by atoms with Crippen LogP contribution in [0.4, 0.5) is 4.39 Å². The largest absolute Gasteiger partial charge is 0.345 e. The molecule has 1 aromatic carbocycles. The van der Waals surface area contributed by atoms with Crippen molar-refractivity contribution in [3.63, 3.8) is 0 Å². The van der Waals surface area contributed by atoms with Crippen molar-refractivity contribution in [2.45, 2.75) is 45.7 Å². The van der Waals surface area contributed by atoms with Crippen molar-refractivity contribution >= 4 is 16.9 Å². The number of aryl methyl sites for hydroxylation is 2. The van der Waals surface area contributed by atoms with Crippen LogP contribution in [0, 0.1) is 12.7 Å². The molecule has 5 rings (SSSR count). The molecule has 3 aromatic heterocycles. The molecule has 1 aliphatic carbocycles. The average molecular weight is 445 g/mol. The second-order valence-electron chi connectivity index (χ2n) is 8.33. The van der Waals surface area contributed by atoms with Crippen LogP contribution < -0.4 is 10.7 Å². The summed E-state index contributed by atoms with van der Waals surface area (Å²) in [5.74, 6) is -0.708. The number of nitrogens with one attached hydrogen (secondary N) is 1. The first kappa shape index (κ1) is 21.1. The molecule has 0 saturated heterocycles. The quantitative estimate of drug-likeness (QED) is 0.517. The smallest absolute Gasteiger partial charge is 0.257 e. The number of carbonyl (C=O) groups excluding carboxylic acids is 1. The van der Waals surface area contributed by atoms with Crippen molar-refractivity contribution in [2.24, 2.45) is 0 Å². The molecular weight excluding hydrogens is 421 g/mol. The molecule has 1 atom stereocenters. The highest BCUT2D eigenvalue weighted by Gasteiger charge is 2.27. The van der Waals surface area contributed by atoms with Gasteiger partial charge in [-0.25, -0.2) is 14.1 Å². The van der Waals surface area contributed by atoms with Crippen LogP contribution in [0.1, 0.15) is 53.1 Å². The Kier molecular flexibility index (Phi) is 5.28. The van der Waals surface area contributed by atoms with Crippen molar-refractivity contribution in [3.8, 4) is 5.69 Å². The van der Waals surface area contributed by atoms with E-state index in [2.05, 4.69) is 15.4 Å². The van der Waals surface area contributed by atoms with Gasteiger partial charge < -0.3 is 9.88 Å². The second kappa shape index (κ2) is 8.27. The Morgan fingerprint density at radius 2 is 2.00 bits per heavy atom. The van der Waals surface area contributed by atoms with Gasteiger partial charge in [-0.2, -0.15) is 5.10 Å². The lowest BCUT2D eigenvalue weighted by atomic mass is 9.92. The number of aromatic nitrogens is 4. The number of hydrogen-bond acceptors (Lipinski definition) is 4. The summed E-state index contributed by atoms with van der Waals surface area (Å²) in [6.45, 7) is 4.41. The van der Waals surface area contributed by atoms with Gasteiger partial charge in [-0.05, 0) is 69.5 Å². The van der Waals surface area contributed by atoms with Crippen LogP contribution >= 0.6 is 0 Å². The minimum atomic E-state index is -0.406. The van der Waals surface area contributed by atoms with E-state index in [0.29, 0.717) is 17.6 Å². The molecule has 0 saturated carbocycles. The zero-order valence-corrected chi connectivity index (χ0v) is 18.5. The van der Waals surface area contributed by atoms with Crippen LogP contribution in [0.3, 0.4) is 0 Å². The van der Waals surface area contributed by atoms with Gasteiger partial charge in [0, 0.05) is 29.7 Å². The van der Waals surface area contributed by atoms with Gasteiger partial charge in [0.25, 0.3) is 5.91 Å². The molecule has 0 bridgehead atoms. The Hall–Kier alpha value is -3.81. The molecule has 0 radical (unpaired) electrons. The fourth-order valence-corrected chi connectivity index (χ4v) is 4.51. The van der Waals surface area contributed by atoms with Gasteiger partial charge in [0.1, 0.15) is 17.0 Å². The summed E-state index contributed by atoms with van der Waals surface area (Å²) in [5.41, 5.74) is 3.86. The highest BCUT2D eigenvalue weighted by atomic mass is 19.1. The number of hydrogen-bond donors (Lipinski definition) is 1. The summed E-state index contributed by atoms with van der Waals surface area (Å²) in [6, 6.07) is 9.43. The predicted molar refractivity (Wildman–Crippen MR) is 123 cm³/mol. The Labute approximate surface area is 189 Å². The minimum absolute atomic E-state index is 0.105. The van der Waals surface area contributed by atoms with E-state index in [1.54, 1.807) is 41.3 Å². The van der Waals surface area contributed by atoms with Gasteiger partial charge >= 0.3 is 0 Å². The second-order valence-corrected chi connectivity index (χ2v) is 8.33. The molecule has 1 unspecified atom stereocenters. The highest BCUT2D eigenvalue weighted by Crippen LogP contribution is 2.31. The van der Waals surface area contributed by atoms with Crippen LogP contribution in [0.5, 0.6) is 0 Å². The number of halogens is 1. The maximum atomic E-state index is 13.3. The van der Waals surface area contributed by atoms with Crippen molar-refractivity contribution in [1.29, 1.82) is 0 Å². The molecule has 0 fully saturated rings. The lowest BCUT2D eigenvalue weighted by Crippen LogP contribution is -2.34. The van der Waals surface area contributed by atoms with Crippen molar-refractivity contribution < 1.29 is 9.18 Å². The number of rotatable bonds is 4. The molecule has 8 heteroatoms. The molecule has 3 heterocycles. The molecule has 33 heavy (non-hydrogen) atoms. The van der Waals surface area contributed by atoms with E-state index >= 15 is 0 Å². The first-order chi connectivity index (χ1) is 16.0.